The molecule has 0 saturated carbocycles. The molecule has 0 bridgehead atoms. The number of phosphoric acid groups is 3. The fraction of sp³-hybridized carbons (Fsp3) is 0.676. The number of aromatic amines is 2. The number of phosphoric ester groups is 2. The number of nitrogens with zero attached hydrogens (tertiary/aromatic N) is 8. The van der Waals surface area contributed by atoms with E-state index in [1.54, 1.807) is 14.1 Å². The number of hydrogen-bond acceptors (Lipinski definition) is 23. The number of nitrogens with one attached hydrogen (secondary N) is 2. The summed E-state index contributed by atoms with van der Waals surface area (Å²) in [5.41, 5.74) is 4.31. The average Bonchev–Trinajstić information content (AvgIpc) is 4.04. The highest BCUT2D eigenvalue weighted by atomic mass is 31.3. The van der Waals surface area contributed by atoms with Crippen LogP contribution in [0, 0.1) is 0 Å². The van der Waals surface area contributed by atoms with Crippen molar-refractivity contribution in [3.63, 3.8) is 0 Å². The molecule has 7 rings (SSSR count). The average molecular weight is 1030 g/mol. The number of aliphatic carboxylic acids is 1. The summed E-state index contributed by atoms with van der Waals surface area (Å²) in [7, 11) is -13.1. The van der Waals surface area contributed by atoms with E-state index >= 15 is 0 Å². The largest absolute Gasteiger partial charge is 0.756 e. The maximum Gasteiger partial charge on any atom is 0.487 e. The Labute approximate surface area is 385 Å². The van der Waals surface area contributed by atoms with Gasteiger partial charge in [-0.15, -0.1) is 0 Å². The van der Waals surface area contributed by atoms with Gasteiger partial charge in [0.2, 0.25) is 17.7 Å². The Hall–Kier alpha value is -4.10. The number of fused-ring (bicyclic) bond motifs is 3. The van der Waals surface area contributed by atoms with Gasteiger partial charge in [0.15, 0.2) is 29.5 Å². The number of aromatic nitrogens is 8. The van der Waals surface area contributed by atoms with E-state index in [9.17, 15) is 58.1 Å². The second-order valence-corrected chi connectivity index (χ2v) is 20.5. The predicted molar refractivity (Wildman–Crippen MR) is 228 cm³/mol. The fourth-order valence-corrected chi connectivity index (χ4v) is 11.1. The smallest absolute Gasteiger partial charge is 0.487 e. The number of hydrogen-bond donors (Lipinski definition) is 8. The SMILES string of the molecule is CCN(CC)CC.CN(C)c1nc2c(c(=O)[nH]1)n(C)c[n+]2[C@@H]1O[C@H](COP(=O)([O-])OP(=O)(O)OP(=O)(O)OC[C@H]2O[C@@H](n3cnc4c(=O)[nH]c(N)nc43)[C@@H]3O[C@@](C)(CCC(=O)O)O[C@@H]32)[C@@H](O)[C@H]1O. The highest BCUT2D eigenvalue weighted by molar-refractivity contribution is 7.66. The van der Waals surface area contributed by atoms with Crippen LogP contribution in [0.3, 0.4) is 0 Å². The molecule has 0 radical (unpaired) electrons. The van der Waals surface area contributed by atoms with E-state index in [0.29, 0.717) is 0 Å². The van der Waals surface area contributed by atoms with Crippen molar-refractivity contribution >= 4 is 63.7 Å². The summed E-state index contributed by atoms with van der Waals surface area (Å²) in [4.78, 5) is 90.8. The number of H-pyrrole nitrogens is 2. The molecule has 0 spiro atoms. The van der Waals surface area contributed by atoms with E-state index in [2.05, 4.69) is 63.7 Å². The van der Waals surface area contributed by atoms with Crippen LogP contribution in [0.1, 0.15) is 53.0 Å². The second-order valence-electron chi connectivity index (χ2n) is 15.9. The lowest BCUT2D eigenvalue weighted by Gasteiger charge is -2.28. The normalized spacial score (nSPS) is 28.5. The van der Waals surface area contributed by atoms with E-state index in [4.69, 9.17) is 29.2 Å². The minimum atomic E-state index is -6.10. The lowest BCUT2D eigenvalue weighted by atomic mass is 10.1. The van der Waals surface area contributed by atoms with Crippen molar-refractivity contribution in [1.82, 2.24) is 39.0 Å². The zero-order chi connectivity index (χ0) is 50.3. The van der Waals surface area contributed by atoms with E-state index in [1.165, 1.54) is 58.5 Å². The van der Waals surface area contributed by atoms with Gasteiger partial charge in [0, 0.05) is 20.5 Å². The Balaban J connectivity index is 0.00000101. The molecule has 3 aliphatic rings. The summed E-state index contributed by atoms with van der Waals surface area (Å²) < 4.78 is 83.4. The van der Waals surface area contributed by atoms with Gasteiger partial charge in [0.1, 0.15) is 36.6 Å². The summed E-state index contributed by atoms with van der Waals surface area (Å²) in [5.74, 6) is -2.88. The van der Waals surface area contributed by atoms with Gasteiger partial charge in [-0.05, 0) is 26.6 Å². The molecule has 9 N–H and O–H groups in total. The number of carboxylic acids is 1. The topological polar surface area (TPSA) is 417 Å². The standard InChI is InChI=1S/C28H39N10O20P3.C6H15N/c1-28(6-5-13(39)40)55-18-12(54-25(19(18)56-28)37-9-30-14-20(37)31-26(29)33-22(14)43)8-52-60(47,48)58-61(49,50)57-59(45,46)51-7-11-16(41)17(42)24(53-11)38-10-36(4)15-21(38)32-27(35(2)3)34-23(15)44;1-4-7(5-2)6-3/h9-12,16-19,24-25,41-42H,5-8H2,1-4H3,(H7-,29,31,32,33,34,39,40,43,44,45,46,47,48,49,50);4-6H2,1-3H3/t11-,12-,16-,17-,18-,19-,24-,25-,28+;/m1./s1. The summed E-state index contributed by atoms with van der Waals surface area (Å²) in [5, 5.41) is 30.7. The predicted octanol–water partition coefficient (Wildman–Crippen LogP) is -1.70. The molecule has 3 unspecified atom stereocenters. The van der Waals surface area contributed by atoms with Gasteiger partial charge in [-0.2, -0.15) is 9.29 Å². The molecule has 7 heterocycles. The molecule has 0 amide bonds. The molecule has 0 aliphatic carbocycles. The van der Waals surface area contributed by atoms with Crippen molar-refractivity contribution in [2.24, 2.45) is 7.05 Å². The monoisotopic (exact) mass is 1030 g/mol. The lowest BCUT2D eigenvalue weighted by Crippen LogP contribution is -2.46. The number of aliphatic hydroxyl groups is 2. The Kier molecular flexibility index (Phi) is 16.2. The summed E-state index contributed by atoms with van der Waals surface area (Å²) in [6.45, 7) is 9.43. The van der Waals surface area contributed by atoms with Crippen LogP contribution in [0.4, 0.5) is 11.9 Å². The number of rotatable bonds is 19. The summed E-state index contributed by atoms with van der Waals surface area (Å²) >= 11 is 0. The van der Waals surface area contributed by atoms with Gasteiger partial charge in [-0.25, -0.2) is 23.0 Å². The molecular formula is C34H54N11O20P3. The number of anilines is 2. The lowest BCUT2D eigenvalue weighted by molar-refractivity contribution is -0.745. The molecule has 12 atom stereocenters. The second kappa shape index (κ2) is 20.7. The molecular weight excluding hydrogens is 975 g/mol. The third kappa shape index (κ3) is 11.9. The van der Waals surface area contributed by atoms with Crippen LogP contribution in [-0.2, 0) is 62.2 Å². The molecule has 31 nitrogen and oxygen atoms in total. The van der Waals surface area contributed by atoms with Crippen molar-refractivity contribution in [2.75, 3.05) is 57.6 Å². The number of imidazole rings is 2. The first-order valence-corrected chi connectivity index (χ1v) is 25.2. The highest BCUT2D eigenvalue weighted by Crippen LogP contribution is 2.66. The first-order valence-electron chi connectivity index (χ1n) is 20.8. The maximum atomic E-state index is 12.9. The van der Waals surface area contributed by atoms with Gasteiger partial charge in [0.25, 0.3) is 24.9 Å². The van der Waals surface area contributed by atoms with Crippen molar-refractivity contribution in [3.8, 4) is 0 Å². The van der Waals surface area contributed by atoms with Crippen molar-refractivity contribution in [3.05, 3.63) is 33.4 Å². The van der Waals surface area contributed by atoms with Crippen LogP contribution >= 0.6 is 23.5 Å². The Morgan fingerprint density at radius 2 is 1.60 bits per heavy atom. The van der Waals surface area contributed by atoms with Crippen LogP contribution in [0.2, 0.25) is 0 Å². The summed E-state index contributed by atoms with van der Waals surface area (Å²) in [6, 6.07) is 0. The number of nitrogens with two attached hydrogens (primary N) is 1. The van der Waals surface area contributed by atoms with Crippen LogP contribution in [0.25, 0.3) is 22.3 Å². The number of aryl methyl sites for hydroxylation is 1. The molecule has 34 heteroatoms. The Morgan fingerprint density at radius 3 is 2.22 bits per heavy atom. The third-order valence-electron chi connectivity index (χ3n) is 10.9. The molecule has 3 aliphatic heterocycles. The van der Waals surface area contributed by atoms with Crippen molar-refractivity contribution in [2.45, 2.75) is 95.4 Å². The molecule has 380 valence electrons. The molecule has 3 saturated heterocycles. The maximum absolute atomic E-state index is 12.9. The number of carboxylic acid groups (broad SMARTS) is 1. The van der Waals surface area contributed by atoms with Crippen LogP contribution in [0.15, 0.2) is 22.2 Å². The molecule has 3 fully saturated rings. The fourth-order valence-electron chi connectivity index (χ4n) is 7.58. The minimum Gasteiger partial charge on any atom is -0.756 e. The minimum absolute atomic E-state index is 0.0181. The molecule has 68 heavy (non-hydrogen) atoms. The first-order chi connectivity index (χ1) is 31.7. The Bertz CT molecular complexity index is 2730. The Morgan fingerprint density at radius 1 is 0.956 bits per heavy atom. The quantitative estimate of drug-likeness (QED) is 0.0383. The van der Waals surface area contributed by atoms with E-state index in [1.807, 2.05) is 0 Å². The highest BCUT2D eigenvalue weighted by Gasteiger charge is 2.58. The van der Waals surface area contributed by atoms with Crippen molar-refractivity contribution in [1.29, 1.82) is 0 Å². The van der Waals surface area contributed by atoms with E-state index < -0.39 is 115 Å². The number of aliphatic hydroxyl groups excluding tert-OH is 2. The van der Waals surface area contributed by atoms with Crippen molar-refractivity contribution < 1.29 is 89.7 Å². The van der Waals surface area contributed by atoms with Crippen LogP contribution < -0.4 is 31.2 Å². The zero-order valence-corrected chi connectivity index (χ0v) is 40.3. The van der Waals surface area contributed by atoms with Gasteiger partial charge in [0.05, 0.1) is 33.0 Å². The zero-order valence-electron chi connectivity index (χ0n) is 37.6. The number of nitrogen functional groups attached to an aromatic ring is 1. The number of carbonyl (C=O) groups is 1. The van der Waals surface area contributed by atoms with E-state index in [0.717, 1.165) is 6.33 Å². The van der Waals surface area contributed by atoms with Gasteiger partial charge in [-0.1, -0.05) is 25.8 Å². The van der Waals surface area contributed by atoms with Crippen LogP contribution in [-0.4, -0.2) is 159 Å². The third-order valence-corrected chi connectivity index (χ3v) is 15.1. The molecule has 4 aromatic heterocycles. The summed E-state index contributed by atoms with van der Waals surface area (Å²) in [6.07, 6.45) is -9.78. The first kappa shape index (κ1) is 53.3. The van der Waals surface area contributed by atoms with E-state index in [-0.39, 0.29) is 40.6 Å². The molecule has 0 aromatic carbocycles. The van der Waals surface area contributed by atoms with Crippen LogP contribution in [0.5, 0.6) is 0 Å². The van der Waals surface area contributed by atoms with Gasteiger partial charge >= 0.3 is 27.3 Å². The molecule has 4 aromatic rings. The van der Waals surface area contributed by atoms with Gasteiger partial charge < -0.3 is 69.0 Å². The van der Waals surface area contributed by atoms with Gasteiger partial charge in [-0.3, -0.25) is 42.6 Å². The number of ether oxygens (including phenoxy) is 4.